The Hall–Kier alpha value is -0.0300. The van der Waals surface area contributed by atoms with E-state index in [2.05, 4.69) is 66.0 Å². The van der Waals surface area contributed by atoms with Crippen molar-refractivity contribution in [2.45, 2.75) is 32.4 Å². The second-order valence-electron chi connectivity index (χ2n) is 6.41. The quantitative estimate of drug-likeness (QED) is 0.890. The molecule has 1 saturated heterocycles. The molecule has 1 aliphatic heterocycles. The molecule has 1 aliphatic rings. The van der Waals surface area contributed by atoms with Gasteiger partial charge in [-0.2, -0.15) is 11.8 Å². The highest BCUT2D eigenvalue weighted by atomic mass is 79.9. The van der Waals surface area contributed by atoms with Crippen molar-refractivity contribution in [1.29, 1.82) is 0 Å². The van der Waals surface area contributed by atoms with Gasteiger partial charge in [-0.15, -0.1) is 0 Å². The number of hydrogen-bond donors (Lipinski definition) is 1. The summed E-state index contributed by atoms with van der Waals surface area (Å²) < 4.78 is 1.14. The van der Waals surface area contributed by atoms with Crippen LogP contribution < -0.4 is 5.73 Å². The van der Waals surface area contributed by atoms with Crippen LogP contribution in [0.4, 0.5) is 0 Å². The highest BCUT2D eigenvalue weighted by Crippen LogP contribution is 2.45. The van der Waals surface area contributed by atoms with Gasteiger partial charge in [-0.05, 0) is 42.3 Å². The molecule has 2 N–H and O–H groups in total. The Balaban J connectivity index is 2.22. The summed E-state index contributed by atoms with van der Waals surface area (Å²) in [4.78, 5) is 2.47. The van der Waals surface area contributed by atoms with Gasteiger partial charge in [-0.25, -0.2) is 0 Å². The van der Waals surface area contributed by atoms with Gasteiger partial charge in [0.25, 0.3) is 0 Å². The smallest absolute Gasteiger partial charge is 0.0473 e. The van der Waals surface area contributed by atoms with Crippen molar-refractivity contribution in [3.63, 3.8) is 0 Å². The van der Waals surface area contributed by atoms with Crippen LogP contribution in [-0.4, -0.2) is 35.5 Å². The maximum absolute atomic E-state index is 6.23. The van der Waals surface area contributed by atoms with Crippen LogP contribution in [0.5, 0.6) is 0 Å². The maximum atomic E-state index is 6.23. The largest absolute Gasteiger partial charge is 0.329 e. The number of hydrogen-bond acceptors (Lipinski definition) is 3. The molecule has 1 aromatic carbocycles. The number of likely N-dealkylation sites (N-methyl/N-ethyl adjacent to an activating group) is 1. The number of benzene rings is 1. The van der Waals surface area contributed by atoms with E-state index in [-0.39, 0.29) is 11.0 Å². The molecule has 20 heavy (non-hydrogen) atoms. The number of nitrogens with zero attached hydrogens (tertiary/aromatic N) is 1. The van der Waals surface area contributed by atoms with Crippen LogP contribution in [0.3, 0.4) is 0 Å². The summed E-state index contributed by atoms with van der Waals surface area (Å²) in [5, 5.41) is 0. The first-order chi connectivity index (χ1) is 9.41. The van der Waals surface area contributed by atoms with Crippen molar-refractivity contribution < 1.29 is 0 Å². The summed E-state index contributed by atoms with van der Waals surface area (Å²) in [7, 11) is 2.22. The lowest BCUT2D eigenvalue weighted by molar-refractivity contribution is 0.0148. The van der Waals surface area contributed by atoms with E-state index >= 15 is 0 Å². The first-order valence-corrected chi connectivity index (χ1v) is 9.09. The van der Waals surface area contributed by atoms with Crippen LogP contribution in [0.2, 0.25) is 0 Å². The molecule has 0 bridgehead atoms. The Bertz CT molecular complexity index is 464. The van der Waals surface area contributed by atoms with Crippen LogP contribution in [0.1, 0.15) is 25.8 Å². The molecular weight excluding hydrogens is 332 g/mol. The van der Waals surface area contributed by atoms with Gasteiger partial charge in [0, 0.05) is 28.9 Å². The Morgan fingerprint density at radius 1 is 1.40 bits per heavy atom. The maximum Gasteiger partial charge on any atom is 0.0473 e. The monoisotopic (exact) mass is 356 g/mol. The predicted molar refractivity (Wildman–Crippen MR) is 93.1 cm³/mol. The zero-order valence-electron chi connectivity index (χ0n) is 12.7. The van der Waals surface area contributed by atoms with Crippen LogP contribution in [0.25, 0.3) is 0 Å². The fourth-order valence-electron chi connectivity index (χ4n) is 3.17. The molecule has 0 saturated carbocycles. The van der Waals surface area contributed by atoms with E-state index < -0.39 is 0 Å². The summed E-state index contributed by atoms with van der Waals surface area (Å²) in [5.74, 6) is 2.38. The Morgan fingerprint density at radius 3 is 2.75 bits per heavy atom. The standard InChI is InChI=1S/C16H25BrN2S/c1-15(2)7-8-20-12-16(15,11-18)19(3)10-13-5-4-6-14(17)9-13/h4-6,9H,7-8,10-12,18H2,1-3H3. The van der Waals surface area contributed by atoms with E-state index in [1.165, 1.54) is 17.7 Å². The molecule has 1 atom stereocenters. The molecule has 0 aliphatic carbocycles. The van der Waals surface area contributed by atoms with E-state index in [0.717, 1.165) is 23.3 Å². The van der Waals surface area contributed by atoms with E-state index in [1.54, 1.807) is 0 Å². The van der Waals surface area contributed by atoms with Crippen LogP contribution in [-0.2, 0) is 6.54 Å². The Kier molecular flexibility index (Phi) is 5.22. The minimum Gasteiger partial charge on any atom is -0.329 e. The minimum atomic E-state index is 0.0816. The van der Waals surface area contributed by atoms with Crippen molar-refractivity contribution in [2.75, 3.05) is 25.1 Å². The molecule has 2 rings (SSSR count). The third-order valence-corrected chi connectivity index (χ3v) is 6.52. The van der Waals surface area contributed by atoms with Gasteiger partial charge in [-0.3, -0.25) is 4.90 Å². The summed E-state index contributed by atoms with van der Waals surface area (Å²) in [5.41, 5.74) is 7.91. The highest BCUT2D eigenvalue weighted by Gasteiger charge is 2.48. The average Bonchev–Trinajstić information content (AvgIpc) is 2.38. The summed E-state index contributed by atoms with van der Waals surface area (Å²) in [6.07, 6.45) is 1.23. The number of rotatable bonds is 4. The van der Waals surface area contributed by atoms with Gasteiger partial charge in [-0.1, -0.05) is 41.9 Å². The van der Waals surface area contributed by atoms with Crippen molar-refractivity contribution in [3.8, 4) is 0 Å². The molecule has 0 radical (unpaired) electrons. The fraction of sp³-hybridized carbons (Fsp3) is 0.625. The van der Waals surface area contributed by atoms with E-state index in [9.17, 15) is 0 Å². The molecule has 1 aromatic rings. The summed E-state index contributed by atoms with van der Waals surface area (Å²) >= 11 is 5.59. The second-order valence-corrected chi connectivity index (χ2v) is 8.43. The van der Waals surface area contributed by atoms with Crippen LogP contribution in [0, 0.1) is 5.41 Å². The topological polar surface area (TPSA) is 29.3 Å². The lowest BCUT2D eigenvalue weighted by atomic mass is 9.69. The van der Waals surface area contributed by atoms with Gasteiger partial charge in [0.1, 0.15) is 0 Å². The van der Waals surface area contributed by atoms with Gasteiger partial charge >= 0.3 is 0 Å². The summed E-state index contributed by atoms with van der Waals surface area (Å²) in [6, 6.07) is 8.56. The lowest BCUT2D eigenvalue weighted by Gasteiger charge is -2.54. The molecule has 2 nitrogen and oxygen atoms in total. The molecule has 112 valence electrons. The second kappa shape index (κ2) is 6.39. The van der Waals surface area contributed by atoms with Crippen molar-refractivity contribution in [1.82, 2.24) is 4.90 Å². The normalized spacial score (nSPS) is 25.9. The fourth-order valence-corrected chi connectivity index (χ4v) is 5.49. The minimum absolute atomic E-state index is 0.0816. The molecule has 1 fully saturated rings. The van der Waals surface area contributed by atoms with Gasteiger partial charge in [0.2, 0.25) is 0 Å². The van der Waals surface area contributed by atoms with Gasteiger partial charge in [0.15, 0.2) is 0 Å². The van der Waals surface area contributed by atoms with E-state index in [4.69, 9.17) is 5.73 Å². The van der Waals surface area contributed by atoms with Gasteiger partial charge < -0.3 is 5.73 Å². The Labute approximate surface area is 135 Å². The lowest BCUT2D eigenvalue weighted by Crippen LogP contribution is -2.64. The third-order valence-electron chi connectivity index (χ3n) is 4.85. The molecule has 0 spiro atoms. The zero-order valence-corrected chi connectivity index (χ0v) is 15.1. The predicted octanol–water partition coefficient (Wildman–Crippen LogP) is 3.74. The Morgan fingerprint density at radius 2 is 2.15 bits per heavy atom. The molecule has 0 amide bonds. The zero-order chi connectivity index (χ0) is 14.8. The van der Waals surface area contributed by atoms with E-state index in [0.29, 0.717) is 0 Å². The van der Waals surface area contributed by atoms with Crippen molar-refractivity contribution >= 4 is 27.7 Å². The first-order valence-electron chi connectivity index (χ1n) is 7.15. The molecule has 0 aromatic heterocycles. The van der Waals surface area contributed by atoms with Crippen LogP contribution in [0.15, 0.2) is 28.7 Å². The third kappa shape index (κ3) is 3.08. The number of thioether (sulfide) groups is 1. The molecular formula is C16H25BrN2S. The molecule has 4 heteroatoms. The van der Waals surface area contributed by atoms with Crippen molar-refractivity contribution in [3.05, 3.63) is 34.3 Å². The number of nitrogens with two attached hydrogens (primary N) is 1. The van der Waals surface area contributed by atoms with Gasteiger partial charge in [0.05, 0.1) is 0 Å². The summed E-state index contributed by atoms with van der Waals surface area (Å²) in [6.45, 7) is 6.41. The van der Waals surface area contributed by atoms with Crippen molar-refractivity contribution in [2.24, 2.45) is 11.1 Å². The highest BCUT2D eigenvalue weighted by molar-refractivity contribution is 9.10. The first kappa shape index (κ1) is 16.3. The van der Waals surface area contributed by atoms with E-state index in [1.807, 2.05) is 11.8 Å². The molecule has 1 heterocycles. The SMILES string of the molecule is CN(Cc1cccc(Br)c1)C1(CN)CSCCC1(C)C. The number of halogens is 1. The average molecular weight is 357 g/mol. The molecule has 1 unspecified atom stereocenters. The van der Waals surface area contributed by atoms with Crippen LogP contribution >= 0.6 is 27.7 Å².